The van der Waals surface area contributed by atoms with Crippen molar-refractivity contribution in [2.75, 3.05) is 38.2 Å². The lowest BCUT2D eigenvalue weighted by molar-refractivity contribution is -1.02. The number of nitrogens with one attached hydrogen (secondary N) is 2. The second-order valence-electron chi connectivity index (χ2n) is 8.07. The van der Waals surface area contributed by atoms with Crippen LogP contribution in [0.5, 0.6) is 5.75 Å². The van der Waals surface area contributed by atoms with Gasteiger partial charge in [-0.1, -0.05) is 42.0 Å². The average molecular weight is 396 g/mol. The summed E-state index contributed by atoms with van der Waals surface area (Å²) in [5.41, 5.74) is 3.20. The second-order valence-corrected chi connectivity index (χ2v) is 8.07. The molecule has 0 saturated carbocycles. The minimum absolute atomic E-state index is 0.100. The predicted octanol–water partition coefficient (Wildman–Crippen LogP) is -0.381. The number of anilines is 1. The van der Waals surface area contributed by atoms with E-state index in [9.17, 15) is 9.59 Å². The number of ether oxygens (including phenoxy) is 1. The fourth-order valence-corrected chi connectivity index (χ4v) is 4.58. The van der Waals surface area contributed by atoms with Gasteiger partial charge >= 0.3 is 0 Å². The number of hydrogen-bond donors (Lipinski definition) is 2. The largest absolute Gasteiger partial charge is 0.495 e. The number of carbonyl (C=O) groups is 2. The Hall–Kier alpha value is -2.70. The highest BCUT2D eigenvalue weighted by Crippen LogP contribution is 2.31. The first-order chi connectivity index (χ1) is 14.1. The normalized spacial score (nSPS) is 24.8. The van der Waals surface area contributed by atoms with E-state index in [-0.39, 0.29) is 24.3 Å². The number of imide groups is 1. The molecule has 6 heteroatoms. The third-order valence-corrected chi connectivity index (χ3v) is 6.10. The number of para-hydroxylation sites is 2. The molecular weight excluding hydrogens is 366 g/mol. The van der Waals surface area contributed by atoms with Crippen LogP contribution in [0.4, 0.5) is 5.69 Å². The van der Waals surface area contributed by atoms with E-state index in [2.05, 4.69) is 31.2 Å². The lowest BCUT2D eigenvalue weighted by Crippen LogP contribution is -3.29. The van der Waals surface area contributed by atoms with Gasteiger partial charge in [-0.25, -0.2) is 4.90 Å². The number of aryl methyl sites for hydroxylation is 1. The Balaban J connectivity index is 1.40. The fraction of sp³-hybridized carbons (Fsp3) is 0.391. The molecule has 29 heavy (non-hydrogen) atoms. The van der Waals surface area contributed by atoms with Crippen molar-refractivity contribution in [3.8, 4) is 5.75 Å². The van der Waals surface area contributed by atoms with Crippen LogP contribution in [-0.4, -0.2) is 51.1 Å². The smallest absolute Gasteiger partial charge is 0.292 e. The number of benzene rings is 2. The van der Waals surface area contributed by atoms with Crippen molar-refractivity contribution >= 4 is 17.5 Å². The fourth-order valence-electron chi connectivity index (χ4n) is 4.58. The minimum Gasteiger partial charge on any atom is -0.495 e. The van der Waals surface area contributed by atoms with Crippen LogP contribution in [0.3, 0.4) is 0 Å². The number of nitrogens with zero attached hydrogens (tertiary/aromatic N) is 1. The molecule has 2 aromatic rings. The number of amides is 2. The molecule has 6 nitrogen and oxygen atoms in total. The molecule has 0 spiro atoms. The molecule has 2 aliphatic heterocycles. The highest BCUT2D eigenvalue weighted by atomic mass is 16.5. The van der Waals surface area contributed by atoms with E-state index in [0.29, 0.717) is 11.4 Å². The van der Waals surface area contributed by atoms with Gasteiger partial charge in [-0.15, -0.1) is 0 Å². The van der Waals surface area contributed by atoms with Crippen LogP contribution in [0.1, 0.15) is 17.5 Å². The van der Waals surface area contributed by atoms with E-state index in [1.807, 2.05) is 12.1 Å². The summed E-state index contributed by atoms with van der Waals surface area (Å²) >= 11 is 0. The van der Waals surface area contributed by atoms with Gasteiger partial charge in [0.25, 0.3) is 5.91 Å². The summed E-state index contributed by atoms with van der Waals surface area (Å²) in [6, 6.07) is 15.6. The minimum atomic E-state index is -0.284. The SMILES string of the molecule is COc1ccccc1N1C(=O)C[C@H]([NH+]2CC[NH+](Cc3cccc(C)c3)CC2)C1=O. The van der Waals surface area contributed by atoms with Crippen molar-refractivity contribution in [2.24, 2.45) is 0 Å². The number of carbonyl (C=O) groups excluding carboxylic acids is 2. The van der Waals surface area contributed by atoms with Crippen LogP contribution in [0, 0.1) is 6.92 Å². The van der Waals surface area contributed by atoms with Crippen LogP contribution < -0.4 is 19.4 Å². The highest BCUT2D eigenvalue weighted by molar-refractivity contribution is 6.22. The molecule has 152 valence electrons. The molecule has 1 atom stereocenters. The van der Waals surface area contributed by atoms with Crippen molar-refractivity contribution in [2.45, 2.75) is 25.9 Å². The van der Waals surface area contributed by atoms with E-state index in [0.717, 1.165) is 32.7 Å². The van der Waals surface area contributed by atoms with E-state index in [1.54, 1.807) is 19.2 Å². The number of methoxy groups -OCH3 is 1. The Bertz CT molecular complexity index is 906. The molecule has 2 fully saturated rings. The van der Waals surface area contributed by atoms with Crippen LogP contribution in [0.15, 0.2) is 48.5 Å². The first kappa shape index (κ1) is 19.6. The molecule has 0 aliphatic carbocycles. The molecule has 2 heterocycles. The number of rotatable bonds is 5. The zero-order valence-corrected chi connectivity index (χ0v) is 17.1. The quantitative estimate of drug-likeness (QED) is 0.679. The Labute approximate surface area is 171 Å². The molecule has 0 radical (unpaired) electrons. The second kappa shape index (κ2) is 8.35. The lowest BCUT2D eigenvalue weighted by atomic mass is 10.1. The Morgan fingerprint density at radius 2 is 1.79 bits per heavy atom. The van der Waals surface area contributed by atoms with Crippen molar-refractivity contribution in [3.05, 3.63) is 59.7 Å². The van der Waals surface area contributed by atoms with Gasteiger partial charge in [0.15, 0.2) is 6.04 Å². The molecule has 2 saturated heterocycles. The number of hydrogen-bond acceptors (Lipinski definition) is 3. The summed E-state index contributed by atoms with van der Waals surface area (Å²) in [4.78, 5) is 29.9. The summed E-state index contributed by atoms with van der Waals surface area (Å²) in [5, 5.41) is 0. The number of quaternary nitrogens is 2. The third-order valence-electron chi connectivity index (χ3n) is 6.10. The summed E-state index contributed by atoms with van der Waals surface area (Å²) in [5.74, 6) is 0.320. The predicted molar refractivity (Wildman–Crippen MR) is 110 cm³/mol. The van der Waals surface area contributed by atoms with Crippen molar-refractivity contribution in [1.82, 2.24) is 0 Å². The van der Waals surface area contributed by atoms with Crippen molar-refractivity contribution < 1.29 is 24.1 Å². The van der Waals surface area contributed by atoms with Gasteiger partial charge in [-0.05, 0) is 19.1 Å². The zero-order chi connectivity index (χ0) is 20.4. The molecule has 0 bridgehead atoms. The van der Waals surface area contributed by atoms with Gasteiger partial charge in [0.2, 0.25) is 5.91 Å². The first-order valence-electron chi connectivity index (χ1n) is 10.3. The van der Waals surface area contributed by atoms with Crippen molar-refractivity contribution in [1.29, 1.82) is 0 Å². The summed E-state index contributed by atoms with van der Waals surface area (Å²) < 4.78 is 5.36. The monoisotopic (exact) mass is 395 g/mol. The Morgan fingerprint density at radius 3 is 2.52 bits per heavy atom. The molecule has 2 aliphatic rings. The van der Waals surface area contributed by atoms with Gasteiger partial charge in [-0.3, -0.25) is 9.59 Å². The molecule has 2 aromatic carbocycles. The zero-order valence-electron chi connectivity index (χ0n) is 17.1. The highest BCUT2D eigenvalue weighted by Gasteiger charge is 2.47. The molecule has 2 N–H and O–H groups in total. The summed E-state index contributed by atoms with van der Waals surface area (Å²) in [6.07, 6.45) is 0.277. The van der Waals surface area contributed by atoms with Gasteiger partial charge in [0.1, 0.15) is 38.5 Å². The maximum absolute atomic E-state index is 13.1. The number of piperazine rings is 1. The molecule has 4 rings (SSSR count). The van der Waals surface area contributed by atoms with Crippen LogP contribution in [0.25, 0.3) is 0 Å². The molecule has 2 amide bonds. The maximum atomic E-state index is 13.1. The van der Waals surface area contributed by atoms with E-state index in [1.165, 1.54) is 25.8 Å². The van der Waals surface area contributed by atoms with E-state index in [4.69, 9.17) is 4.74 Å². The van der Waals surface area contributed by atoms with Crippen molar-refractivity contribution in [3.63, 3.8) is 0 Å². The topological polar surface area (TPSA) is 55.5 Å². The summed E-state index contributed by atoms with van der Waals surface area (Å²) in [6.45, 7) is 6.97. The molecule has 0 unspecified atom stereocenters. The third kappa shape index (κ3) is 4.04. The van der Waals surface area contributed by atoms with Gasteiger partial charge in [-0.2, -0.15) is 0 Å². The molecule has 0 aromatic heterocycles. The standard InChI is InChI=1S/C23H27N3O3/c1-17-6-5-7-18(14-17)16-24-10-12-25(13-11-24)20-15-22(27)26(23(20)28)19-8-3-4-9-21(19)29-2/h3-9,14,20H,10-13,15-16H2,1-2H3/p+2/t20-/m0/s1. The first-order valence-corrected chi connectivity index (χ1v) is 10.3. The Morgan fingerprint density at radius 1 is 1.03 bits per heavy atom. The van der Waals surface area contributed by atoms with Crippen LogP contribution in [0.2, 0.25) is 0 Å². The van der Waals surface area contributed by atoms with E-state index >= 15 is 0 Å². The van der Waals surface area contributed by atoms with E-state index < -0.39 is 0 Å². The average Bonchev–Trinajstić information content (AvgIpc) is 3.02. The summed E-state index contributed by atoms with van der Waals surface area (Å²) in [7, 11) is 1.56. The van der Waals surface area contributed by atoms with Gasteiger partial charge in [0, 0.05) is 5.56 Å². The van der Waals surface area contributed by atoms with Gasteiger partial charge < -0.3 is 14.5 Å². The van der Waals surface area contributed by atoms with Gasteiger partial charge in [0.05, 0.1) is 19.2 Å². The maximum Gasteiger partial charge on any atom is 0.292 e. The van der Waals surface area contributed by atoms with Crippen LogP contribution in [-0.2, 0) is 16.1 Å². The lowest BCUT2D eigenvalue weighted by Gasteiger charge is -2.32. The molecular formula is C23H29N3O3+2. The van der Waals surface area contributed by atoms with Crippen LogP contribution >= 0.6 is 0 Å². The Kier molecular flexibility index (Phi) is 5.65.